The van der Waals surface area contributed by atoms with Gasteiger partial charge in [-0.25, -0.2) is 0 Å². The molecule has 0 radical (unpaired) electrons. The summed E-state index contributed by atoms with van der Waals surface area (Å²) in [6, 6.07) is 16.4. The van der Waals surface area contributed by atoms with Crippen molar-refractivity contribution in [3.05, 3.63) is 112 Å². The fourth-order valence-corrected chi connectivity index (χ4v) is 7.68. The number of phenols is 5. The molecule has 3 aliphatic heterocycles. The minimum Gasteiger partial charge on any atom is -0.508 e. The first-order chi connectivity index (χ1) is 22.4. The predicted molar refractivity (Wildman–Crippen MR) is 177 cm³/mol. The van der Waals surface area contributed by atoms with Gasteiger partial charge < -0.3 is 39.7 Å². The predicted octanol–water partition coefficient (Wildman–Crippen LogP) is 8.04. The molecule has 8 heteroatoms. The lowest BCUT2D eigenvalue weighted by Crippen LogP contribution is -2.56. The van der Waals surface area contributed by atoms with Gasteiger partial charge in [0.05, 0.1) is 17.0 Å². The summed E-state index contributed by atoms with van der Waals surface area (Å²) in [5.41, 5.74) is 4.25. The van der Waals surface area contributed by atoms with Crippen LogP contribution >= 0.6 is 0 Å². The van der Waals surface area contributed by atoms with Crippen LogP contribution in [0.1, 0.15) is 72.4 Å². The van der Waals surface area contributed by atoms with E-state index >= 15 is 0 Å². The van der Waals surface area contributed by atoms with Crippen molar-refractivity contribution in [1.82, 2.24) is 0 Å². The van der Waals surface area contributed by atoms with Crippen molar-refractivity contribution in [2.75, 3.05) is 0 Å². The fourth-order valence-electron chi connectivity index (χ4n) is 7.68. The first kappa shape index (κ1) is 28.9. The molecule has 4 unspecified atom stereocenters. The Hall–Kier alpha value is -5.50. The second kappa shape index (κ2) is 10.00. The van der Waals surface area contributed by atoms with Crippen LogP contribution in [0.25, 0.3) is 18.2 Å². The first-order valence-electron chi connectivity index (χ1n) is 15.6. The summed E-state index contributed by atoms with van der Waals surface area (Å²) >= 11 is 0. The smallest absolute Gasteiger partial charge is 0.285 e. The second-order valence-electron chi connectivity index (χ2n) is 13.4. The highest BCUT2D eigenvalue weighted by Gasteiger charge is 2.62. The van der Waals surface area contributed by atoms with Crippen LogP contribution < -0.4 is 14.2 Å². The third-order valence-corrected chi connectivity index (χ3v) is 9.70. The summed E-state index contributed by atoms with van der Waals surface area (Å²) in [7, 11) is 0. The van der Waals surface area contributed by atoms with Crippen LogP contribution in [0.15, 0.2) is 78.4 Å². The second-order valence-corrected chi connectivity index (χ2v) is 13.4. The van der Waals surface area contributed by atoms with Crippen molar-refractivity contribution < 1.29 is 39.7 Å². The van der Waals surface area contributed by atoms with E-state index in [1.54, 1.807) is 48.6 Å². The minimum atomic E-state index is -1.48. The maximum Gasteiger partial charge on any atom is 0.285 e. The van der Waals surface area contributed by atoms with Crippen LogP contribution in [-0.2, 0) is 5.79 Å². The molecular weight excluding hydrogens is 596 g/mol. The number of benzene rings is 4. The van der Waals surface area contributed by atoms with E-state index in [2.05, 4.69) is 13.0 Å². The Balaban J connectivity index is 1.36. The average molecular weight is 631 g/mol. The molecule has 0 saturated heterocycles. The van der Waals surface area contributed by atoms with Gasteiger partial charge in [0.2, 0.25) is 0 Å². The Morgan fingerprint density at radius 3 is 2.34 bits per heavy atom. The van der Waals surface area contributed by atoms with Gasteiger partial charge in [-0.15, -0.1) is 0 Å². The van der Waals surface area contributed by atoms with Crippen LogP contribution in [0.2, 0.25) is 0 Å². The maximum atomic E-state index is 11.6. The normalized spacial score (nSPS) is 24.5. The number of ether oxygens (including phenoxy) is 3. The van der Waals surface area contributed by atoms with Gasteiger partial charge in [-0.2, -0.15) is 0 Å². The van der Waals surface area contributed by atoms with Gasteiger partial charge >= 0.3 is 0 Å². The third-order valence-electron chi connectivity index (χ3n) is 9.70. The summed E-state index contributed by atoms with van der Waals surface area (Å²) in [6.45, 7) is 5.95. The number of phenolic OH excluding ortho intramolecular Hbond substituents is 5. The van der Waals surface area contributed by atoms with Gasteiger partial charge in [-0.3, -0.25) is 0 Å². The highest BCUT2D eigenvalue weighted by Crippen LogP contribution is 2.66. The molecule has 4 aliphatic rings. The number of rotatable bonds is 3. The lowest BCUT2D eigenvalue weighted by molar-refractivity contribution is -0.198. The van der Waals surface area contributed by atoms with Crippen molar-refractivity contribution in [2.24, 2.45) is 5.92 Å². The molecule has 1 aliphatic carbocycles. The number of fused-ring (bicyclic) bond motifs is 5. The van der Waals surface area contributed by atoms with E-state index in [0.29, 0.717) is 51.5 Å². The molecule has 0 bridgehead atoms. The maximum absolute atomic E-state index is 11.6. The minimum absolute atomic E-state index is 0.0462. The van der Waals surface area contributed by atoms with E-state index in [1.807, 2.05) is 38.1 Å². The average Bonchev–Trinajstić information content (AvgIpc) is 2.99. The Bertz CT molecular complexity index is 2070. The monoisotopic (exact) mass is 630 g/mol. The SMILES string of the molecule is CC1=CC2c3c(O)cc(C=Cc4ccc(O)cc4O)cc3OC3(c4ccc(O)c5c4OC(C)(C)C=C5)Oc4cc(O)ccc4C(C1)C23. The lowest BCUT2D eigenvalue weighted by atomic mass is 9.61. The molecule has 0 fully saturated rings. The Morgan fingerprint density at radius 2 is 1.53 bits per heavy atom. The quantitative estimate of drug-likeness (QED) is 0.114. The molecule has 8 rings (SSSR count). The Morgan fingerprint density at radius 1 is 0.766 bits per heavy atom. The van der Waals surface area contributed by atoms with Crippen molar-refractivity contribution in [1.29, 1.82) is 0 Å². The molecule has 4 aromatic rings. The number of aromatic hydroxyl groups is 5. The van der Waals surface area contributed by atoms with Crippen LogP contribution in [0.5, 0.6) is 46.0 Å². The van der Waals surface area contributed by atoms with Crippen LogP contribution in [-0.4, -0.2) is 31.1 Å². The highest BCUT2D eigenvalue weighted by molar-refractivity contribution is 5.75. The Kier molecular flexibility index (Phi) is 6.16. The molecule has 238 valence electrons. The van der Waals surface area contributed by atoms with Crippen molar-refractivity contribution in [3.8, 4) is 46.0 Å². The molecule has 4 atom stereocenters. The topological polar surface area (TPSA) is 129 Å². The van der Waals surface area contributed by atoms with Gasteiger partial charge in [0.25, 0.3) is 5.79 Å². The van der Waals surface area contributed by atoms with E-state index in [4.69, 9.17) is 14.2 Å². The van der Waals surface area contributed by atoms with Crippen molar-refractivity contribution in [2.45, 2.75) is 50.4 Å². The zero-order valence-corrected chi connectivity index (χ0v) is 26.1. The van der Waals surface area contributed by atoms with E-state index in [-0.39, 0.29) is 46.5 Å². The molecule has 5 N–H and O–H groups in total. The van der Waals surface area contributed by atoms with Gasteiger partial charge in [0, 0.05) is 35.1 Å². The number of allylic oxidation sites excluding steroid dienone is 2. The molecule has 3 heterocycles. The van der Waals surface area contributed by atoms with E-state index in [0.717, 1.165) is 11.1 Å². The number of hydrogen-bond donors (Lipinski definition) is 5. The third kappa shape index (κ3) is 4.50. The van der Waals surface area contributed by atoms with Crippen LogP contribution in [0.3, 0.4) is 0 Å². The largest absolute Gasteiger partial charge is 0.508 e. The standard InChI is InChI=1S/C39H34O8/c1-20-14-27-25-9-8-24(41)19-33(25)45-39(29-10-11-30(42)26-12-13-38(2,3)47-37(26)29)36(27)28(15-20)35-32(44)16-21(17-34(35)46-39)4-5-22-6-7-23(40)18-31(22)43/h4-13,15-19,27-28,36,40-44H,14H2,1-3H3. The highest BCUT2D eigenvalue weighted by atomic mass is 16.7. The molecular formula is C39H34O8. The van der Waals surface area contributed by atoms with Crippen molar-refractivity contribution >= 4 is 18.2 Å². The fraction of sp³-hybridized carbons (Fsp3) is 0.231. The van der Waals surface area contributed by atoms with Crippen molar-refractivity contribution in [3.63, 3.8) is 0 Å². The zero-order chi connectivity index (χ0) is 32.8. The van der Waals surface area contributed by atoms with Gasteiger partial charge in [0.15, 0.2) is 0 Å². The summed E-state index contributed by atoms with van der Waals surface area (Å²) in [6.07, 6.45) is 10.1. The molecule has 8 nitrogen and oxygen atoms in total. The van der Waals surface area contributed by atoms with Gasteiger partial charge in [-0.05, 0) is 92.9 Å². The molecule has 0 spiro atoms. The van der Waals surface area contributed by atoms with Crippen LogP contribution in [0, 0.1) is 5.92 Å². The summed E-state index contributed by atoms with van der Waals surface area (Å²) < 4.78 is 20.6. The van der Waals surface area contributed by atoms with E-state index in [1.165, 1.54) is 12.1 Å². The van der Waals surface area contributed by atoms with Gasteiger partial charge in [0.1, 0.15) is 51.6 Å². The number of hydrogen-bond acceptors (Lipinski definition) is 8. The molecule has 47 heavy (non-hydrogen) atoms. The molecule has 0 amide bonds. The summed E-state index contributed by atoms with van der Waals surface area (Å²) in [5, 5.41) is 53.1. The van der Waals surface area contributed by atoms with E-state index in [9.17, 15) is 25.5 Å². The summed E-state index contributed by atoms with van der Waals surface area (Å²) in [4.78, 5) is 0. The van der Waals surface area contributed by atoms with Crippen LogP contribution in [0.4, 0.5) is 0 Å². The lowest BCUT2D eigenvalue weighted by Gasteiger charge is -2.55. The zero-order valence-electron chi connectivity index (χ0n) is 26.1. The first-order valence-corrected chi connectivity index (χ1v) is 15.6. The van der Waals surface area contributed by atoms with Gasteiger partial charge in [-0.1, -0.05) is 29.9 Å². The van der Waals surface area contributed by atoms with E-state index < -0.39 is 11.4 Å². The molecule has 4 aromatic carbocycles. The Labute approximate surface area is 271 Å². The summed E-state index contributed by atoms with van der Waals surface area (Å²) in [5.74, 6) is -0.882. The molecule has 0 aromatic heterocycles. The molecule has 0 saturated carbocycles.